The SMILES string of the molecule is COC(=O)C=C(c1ccc(OC)cc1)C(C)C. The van der Waals surface area contributed by atoms with E-state index in [0.717, 1.165) is 16.9 Å². The van der Waals surface area contributed by atoms with Crippen LogP contribution in [0.2, 0.25) is 0 Å². The first-order valence-corrected chi connectivity index (χ1v) is 5.52. The summed E-state index contributed by atoms with van der Waals surface area (Å²) >= 11 is 0. The van der Waals surface area contributed by atoms with Gasteiger partial charge < -0.3 is 9.47 Å². The maximum atomic E-state index is 11.3. The van der Waals surface area contributed by atoms with Crippen LogP contribution >= 0.6 is 0 Å². The molecule has 1 rings (SSSR count). The Kier molecular flexibility index (Phi) is 4.76. The number of allylic oxidation sites excluding steroid dienone is 1. The van der Waals surface area contributed by atoms with Crippen molar-refractivity contribution in [3.8, 4) is 5.75 Å². The Morgan fingerprint density at radius 3 is 2.18 bits per heavy atom. The van der Waals surface area contributed by atoms with Gasteiger partial charge in [-0.3, -0.25) is 0 Å². The molecular weight excluding hydrogens is 216 g/mol. The zero-order valence-corrected chi connectivity index (χ0v) is 10.7. The van der Waals surface area contributed by atoms with Crippen LogP contribution in [0.25, 0.3) is 5.57 Å². The zero-order valence-electron chi connectivity index (χ0n) is 10.7. The van der Waals surface area contributed by atoms with E-state index in [1.54, 1.807) is 7.11 Å². The van der Waals surface area contributed by atoms with Gasteiger partial charge in [-0.2, -0.15) is 0 Å². The summed E-state index contributed by atoms with van der Waals surface area (Å²) in [4.78, 5) is 11.3. The Morgan fingerprint density at radius 1 is 1.18 bits per heavy atom. The molecular formula is C14H18O3. The summed E-state index contributed by atoms with van der Waals surface area (Å²) in [6, 6.07) is 7.63. The molecule has 0 spiro atoms. The van der Waals surface area contributed by atoms with E-state index in [4.69, 9.17) is 4.74 Å². The van der Waals surface area contributed by atoms with E-state index in [2.05, 4.69) is 4.74 Å². The van der Waals surface area contributed by atoms with E-state index in [1.165, 1.54) is 13.2 Å². The summed E-state index contributed by atoms with van der Waals surface area (Å²) < 4.78 is 9.76. The topological polar surface area (TPSA) is 35.5 Å². The highest BCUT2D eigenvalue weighted by molar-refractivity contribution is 5.91. The van der Waals surface area contributed by atoms with Gasteiger partial charge in [-0.05, 0) is 29.2 Å². The number of methoxy groups -OCH3 is 2. The van der Waals surface area contributed by atoms with Gasteiger partial charge in [-0.25, -0.2) is 4.79 Å². The minimum absolute atomic E-state index is 0.252. The molecule has 1 aromatic carbocycles. The summed E-state index contributed by atoms with van der Waals surface area (Å²) in [6.07, 6.45) is 1.53. The second-order valence-corrected chi connectivity index (χ2v) is 4.01. The van der Waals surface area contributed by atoms with E-state index in [9.17, 15) is 4.79 Å². The first-order chi connectivity index (χ1) is 8.08. The monoisotopic (exact) mass is 234 g/mol. The van der Waals surface area contributed by atoms with Gasteiger partial charge in [-0.1, -0.05) is 26.0 Å². The highest BCUT2D eigenvalue weighted by Crippen LogP contribution is 2.25. The third-order valence-corrected chi connectivity index (χ3v) is 2.52. The van der Waals surface area contributed by atoms with Crippen LogP contribution in [0, 0.1) is 5.92 Å². The molecule has 3 heteroatoms. The van der Waals surface area contributed by atoms with Crippen LogP contribution in [-0.2, 0) is 9.53 Å². The van der Waals surface area contributed by atoms with Crippen molar-refractivity contribution in [2.45, 2.75) is 13.8 Å². The van der Waals surface area contributed by atoms with Crippen LogP contribution in [0.5, 0.6) is 5.75 Å². The van der Waals surface area contributed by atoms with Crippen molar-refractivity contribution in [3.63, 3.8) is 0 Å². The van der Waals surface area contributed by atoms with Crippen molar-refractivity contribution in [1.29, 1.82) is 0 Å². The molecule has 1 aromatic rings. The van der Waals surface area contributed by atoms with Crippen LogP contribution < -0.4 is 4.74 Å². The van der Waals surface area contributed by atoms with Gasteiger partial charge in [0.05, 0.1) is 14.2 Å². The van der Waals surface area contributed by atoms with Gasteiger partial charge in [0.25, 0.3) is 0 Å². The fourth-order valence-corrected chi connectivity index (χ4v) is 1.55. The molecule has 0 aliphatic carbocycles. The Hall–Kier alpha value is -1.77. The predicted molar refractivity (Wildman–Crippen MR) is 67.8 cm³/mol. The van der Waals surface area contributed by atoms with Crippen LogP contribution in [0.15, 0.2) is 30.3 Å². The molecule has 0 saturated carbocycles. The van der Waals surface area contributed by atoms with Crippen molar-refractivity contribution in [2.75, 3.05) is 14.2 Å². The minimum Gasteiger partial charge on any atom is -0.497 e. The summed E-state index contributed by atoms with van der Waals surface area (Å²) in [5.41, 5.74) is 1.96. The Labute approximate surface area is 102 Å². The number of esters is 1. The van der Waals surface area contributed by atoms with E-state index in [0.29, 0.717) is 0 Å². The van der Waals surface area contributed by atoms with Gasteiger partial charge in [0.2, 0.25) is 0 Å². The lowest BCUT2D eigenvalue weighted by Gasteiger charge is -2.12. The second-order valence-electron chi connectivity index (χ2n) is 4.01. The van der Waals surface area contributed by atoms with E-state index in [1.807, 2.05) is 38.1 Å². The minimum atomic E-state index is -0.329. The number of rotatable bonds is 4. The Morgan fingerprint density at radius 2 is 1.76 bits per heavy atom. The molecule has 3 nitrogen and oxygen atoms in total. The van der Waals surface area contributed by atoms with Crippen molar-refractivity contribution in [2.24, 2.45) is 5.92 Å². The van der Waals surface area contributed by atoms with Crippen molar-refractivity contribution in [3.05, 3.63) is 35.9 Å². The number of ether oxygens (including phenoxy) is 2. The fourth-order valence-electron chi connectivity index (χ4n) is 1.55. The smallest absolute Gasteiger partial charge is 0.330 e. The van der Waals surface area contributed by atoms with Crippen molar-refractivity contribution >= 4 is 11.5 Å². The van der Waals surface area contributed by atoms with Crippen LogP contribution in [0.4, 0.5) is 0 Å². The van der Waals surface area contributed by atoms with Gasteiger partial charge in [0.15, 0.2) is 0 Å². The van der Waals surface area contributed by atoms with E-state index < -0.39 is 0 Å². The molecule has 0 aliphatic heterocycles. The number of benzene rings is 1. The Bertz CT molecular complexity index is 402. The molecule has 0 fully saturated rings. The first-order valence-electron chi connectivity index (χ1n) is 5.52. The summed E-state index contributed by atoms with van der Waals surface area (Å²) in [6.45, 7) is 4.08. The van der Waals surface area contributed by atoms with Crippen LogP contribution in [0.3, 0.4) is 0 Å². The molecule has 0 saturated heterocycles. The standard InChI is InChI=1S/C14H18O3/c1-10(2)13(9-14(15)17-4)11-5-7-12(16-3)8-6-11/h5-10H,1-4H3. The zero-order chi connectivity index (χ0) is 12.8. The van der Waals surface area contributed by atoms with E-state index in [-0.39, 0.29) is 11.9 Å². The second kappa shape index (κ2) is 6.09. The summed E-state index contributed by atoms with van der Waals surface area (Å²) in [7, 11) is 3.01. The predicted octanol–water partition coefficient (Wildman–Crippen LogP) is 2.91. The third-order valence-electron chi connectivity index (χ3n) is 2.52. The lowest BCUT2D eigenvalue weighted by atomic mass is 9.95. The molecule has 17 heavy (non-hydrogen) atoms. The molecule has 92 valence electrons. The normalized spacial score (nSPS) is 11.5. The largest absolute Gasteiger partial charge is 0.497 e. The van der Waals surface area contributed by atoms with Crippen LogP contribution in [0.1, 0.15) is 19.4 Å². The third kappa shape index (κ3) is 3.63. The lowest BCUT2D eigenvalue weighted by Crippen LogP contribution is -2.01. The maximum absolute atomic E-state index is 11.3. The first kappa shape index (κ1) is 13.3. The molecule has 0 aromatic heterocycles. The highest BCUT2D eigenvalue weighted by atomic mass is 16.5. The molecule has 0 heterocycles. The Balaban J connectivity index is 3.05. The van der Waals surface area contributed by atoms with Crippen molar-refractivity contribution in [1.82, 2.24) is 0 Å². The molecule has 0 radical (unpaired) electrons. The molecule has 0 atom stereocenters. The van der Waals surface area contributed by atoms with Gasteiger partial charge >= 0.3 is 5.97 Å². The lowest BCUT2D eigenvalue weighted by molar-refractivity contribution is -0.134. The fraction of sp³-hybridized carbons (Fsp3) is 0.357. The number of carbonyl (C=O) groups is 1. The number of hydrogen-bond donors (Lipinski definition) is 0. The number of hydrogen-bond acceptors (Lipinski definition) is 3. The van der Waals surface area contributed by atoms with Gasteiger partial charge in [0, 0.05) is 6.08 Å². The average molecular weight is 234 g/mol. The number of carbonyl (C=O) groups excluding carboxylic acids is 1. The van der Waals surface area contributed by atoms with Gasteiger partial charge in [-0.15, -0.1) is 0 Å². The molecule has 0 aliphatic rings. The highest BCUT2D eigenvalue weighted by Gasteiger charge is 2.09. The molecule has 0 amide bonds. The average Bonchev–Trinajstić information content (AvgIpc) is 2.35. The maximum Gasteiger partial charge on any atom is 0.330 e. The quantitative estimate of drug-likeness (QED) is 0.593. The summed E-state index contributed by atoms with van der Waals surface area (Å²) in [5.74, 6) is 0.724. The van der Waals surface area contributed by atoms with Crippen molar-refractivity contribution < 1.29 is 14.3 Å². The van der Waals surface area contributed by atoms with E-state index >= 15 is 0 Å². The molecule has 0 N–H and O–H groups in total. The molecule has 0 unspecified atom stereocenters. The molecule has 0 bridgehead atoms. The summed E-state index contributed by atoms with van der Waals surface area (Å²) in [5, 5.41) is 0. The van der Waals surface area contributed by atoms with Crippen LogP contribution in [-0.4, -0.2) is 20.2 Å². The van der Waals surface area contributed by atoms with Gasteiger partial charge in [0.1, 0.15) is 5.75 Å².